The van der Waals surface area contributed by atoms with E-state index in [1.807, 2.05) is 37.3 Å². The fourth-order valence-electron chi connectivity index (χ4n) is 2.68. The van der Waals surface area contributed by atoms with Crippen molar-refractivity contribution in [2.75, 3.05) is 7.11 Å². The van der Waals surface area contributed by atoms with E-state index in [0.717, 1.165) is 27.8 Å². The molecule has 2 N–H and O–H groups in total. The van der Waals surface area contributed by atoms with Gasteiger partial charge in [-0.2, -0.15) is 0 Å². The molecule has 2 aromatic carbocycles. The van der Waals surface area contributed by atoms with Gasteiger partial charge in [0.2, 0.25) is 0 Å². The highest BCUT2D eigenvalue weighted by atomic mass is 16.5. The van der Waals surface area contributed by atoms with E-state index in [4.69, 9.17) is 9.15 Å². The molecule has 0 aliphatic heterocycles. The lowest BCUT2D eigenvalue weighted by Crippen LogP contribution is -2.23. The van der Waals surface area contributed by atoms with Crippen molar-refractivity contribution in [1.82, 2.24) is 5.32 Å². The quantitative estimate of drug-likeness (QED) is 0.756. The van der Waals surface area contributed by atoms with Gasteiger partial charge in [0.25, 0.3) is 5.91 Å². The molecule has 24 heavy (non-hydrogen) atoms. The minimum Gasteiger partial charge on any atom is -0.497 e. The number of amides is 1. The van der Waals surface area contributed by atoms with Gasteiger partial charge in [-0.1, -0.05) is 24.3 Å². The van der Waals surface area contributed by atoms with Crippen molar-refractivity contribution in [1.29, 1.82) is 0 Å². The summed E-state index contributed by atoms with van der Waals surface area (Å²) in [5.74, 6) is 0.727. The molecule has 0 unspecified atom stereocenters. The smallest absolute Gasteiger partial charge is 0.287 e. The Morgan fingerprint density at radius 3 is 2.67 bits per heavy atom. The average Bonchev–Trinajstić information content (AvgIpc) is 2.96. The molecular formula is C19H19NO4. The second-order valence-corrected chi connectivity index (χ2v) is 5.53. The lowest BCUT2D eigenvalue weighted by molar-refractivity contribution is 0.0924. The van der Waals surface area contributed by atoms with Crippen molar-refractivity contribution >= 4 is 16.9 Å². The molecule has 5 heteroatoms. The van der Waals surface area contributed by atoms with Gasteiger partial charge in [0.15, 0.2) is 5.76 Å². The van der Waals surface area contributed by atoms with Crippen LogP contribution in [0.25, 0.3) is 11.0 Å². The molecule has 124 valence electrons. The van der Waals surface area contributed by atoms with Crippen LogP contribution in [-0.4, -0.2) is 18.1 Å². The number of rotatable bonds is 5. The molecule has 1 amide bonds. The van der Waals surface area contributed by atoms with E-state index < -0.39 is 0 Å². The van der Waals surface area contributed by atoms with Crippen LogP contribution in [0.15, 0.2) is 46.9 Å². The number of carbonyl (C=O) groups is 1. The summed E-state index contributed by atoms with van der Waals surface area (Å²) in [4.78, 5) is 12.5. The lowest BCUT2D eigenvalue weighted by Gasteiger charge is -2.08. The average molecular weight is 325 g/mol. The normalized spacial score (nSPS) is 10.8. The van der Waals surface area contributed by atoms with Crippen LogP contribution in [0.3, 0.4) is 0 Å². The lowest BCUT2D eigenvalue weighted by atomic mass is 10.1. The van der Waals surface area contributed by atoms with Crippen molar-refractivity contribution < 1.29 is 19.1 Å². The number of aliphatic hydroxyl groups is 1. The molecule has 0 saturated heterocycles. The Morgan fingerprint density at radius 2 is 1.96 bits per heavy atom. The first kappa shape index (κ1) is 16.1. The van der Waals surface area contributed by atoms with E-state index in [0.29, 0.717) is 17.9 Å². The first-order chi connectivity index (χ1) is 11.6. The Labute approximate surface area is 139 Å². The van der Waals surface area contributed by atoms with Gasteiger partial charge in [-0.05, 0) is 36.2 Å². The van der Waals surface area contributed by atoms with E-state index >= 15 is 0 Å². The Kier molecular flexibility index (Phi) is 4.53. The number of aliphatic hydroxyl groups excluding tert-OH is 1. The monoisotopic (exact) mass is 325 g/mol. The Bertz CT molecular complexity index is 882. The second kappa shape index (κ2) is 6.76. The zero-order valence-corrected chi connectivity index (χ0v) is 13.6. The van der Waals surface area contributed by atoms with Crippen molar-refractivity contribution in [3.63, 3.8) is 0 Å². The number of aryl methyl sites for hydroxylation is 1. The van der Waals surface area contributed by atoms with Crippen molar-refractivity contribution in [2.24, 2.45) is 0 Å². The molecular weight excluding hydrogens is 306 g/mol. The van der Waals surface area contributed by atoms with Crippen LogP contribution in [-0.2, 0) is 13.2 Å². The molecule has 1 aromatic heterocycles. The number of benzene rings is 2. The third-order valence-electron chi connectivity index (χ3n) is 4.08. The summed E-state index contributed by atoms with van der Waals surface area (Å²) >= 11 is 0. The Morgan fingerprint density at radius 1 is 1.21 bits per heavy atom. The molecule has 0 bridgehead atoms. The van der Waals surface area contributed by atoms with Crippen LogP contribution < -0.4 is 10.1 Å². The topological polar surface area (TPSA) is 71.7 Å². The van der Waals surface area contributed by atoms with Gasteiger partial charge in [-0.15, -0.1) is 0 Å². The van der Waals surface area contributed by atoms with Gasteiger partial charge in [0.05, 0.1) is 13.7 Å². The number of carbonyl (C=O) groups excluding carboxylic acids is 1. The van der Waals surface area contributed by atoms with Gasteiger partial charge >= 0.3 is 0 Å². The maximum atomic E-state index is 12.5. The summed E-state index contributed by atoms with van der Waals surface area (Å²) < 4.78 is 10.9. The molecule has 5 nitrogen and oxygen atoms in total. The Balaban J connectivity index is 1.82. The maximum Gasteiger partial charge on any atom is 0.287 e. The predicted molar refractivity (Wildman–Crippen MR) is 91.0 cm³/mol. The molecule has 0 fully saturated rings. The van der Waals surface area contributed by atoms with Crippen LogP contribution in [0.2, 0.25) is 0 Å². The minimum absolute atomic E-state index is 0.0600. The molecule has 3 aromatic rings. The molecule has 3 rings (SSSR count). The van der Waals surface area contributed by atoms with Crippen LogP contribution >= 0.6 is 0 Å². The summed E-state index contributed by atoms with van der Waals surface area (Å²) in [5, 5.41) is 13.0. The van der Waals surface area contributed by atoms with Crippen molar-refractivity contribution in [3.05, 3.63) is 64.9 Å². The zero-order valence-electron chi connectivity index (χ0n) is 13.6. The number of nitrogens with one attached hydrogen (secondary N) is 1. The van der Waals surface area contributed by atoms with Crippen LogP contribution in [0.5, 0.6) is 5.75 Å². The van der Waals surface area contributed by atoms with E-state index in [2.05, 4.69) is 5.32 Å². The Hall–Kier alpha value is -2.79. The largest absolute Gasteiger partial charge is 0.497 e. The SMILES string of the molecule is COc1ccc2oc(C(=O)NCc3ccccc3CO)c(C)c2c1. The molecule has 0 saturated carbocycles. The van der Waals surface area contributed by atoms with Crippen LogP contribution in [0.4, 0.5) is 0 Å². The third kappa shape index (κ3) is 2.98. The zero-order chi connectivity index (χ0) is 17.1. The van der Waals surface area contributed by atoms with Crippen LogP contribution in [0, 0.1) is 6.92 Å². The number of hydrogen-bond donors (Lipinski definition) is 2. The summed E-state index contributed by atoms with van der Waals surface area (Å²) in [7, 11) is 1.60. The van der Waals surface area contributed by atoms with Gasteiger partial charge in [-0.3, -0.25) is 4.79 Å². The van der Waals surface area contributed by atoms with Gasteiger partial charge in [0.1, 0.15) is 11.3 Å². The number of fused-ring (bicyclic) bond motifs is 1. The van der Waals surface area contributed by atoms with Crippen molar-refractivity contribution in [2.45, 2.75) is 20.1 Å². The predicted octanol–water partition coefficient (Wildman–Crippen LogP) is 3.17. The number of furan rings is 1. The van der Waals surface area contributed by atoms with Gasteiger partial charge in [-0.25, -0.2) is 0 Å². The summed E-state index contributed by atoms with van der Waals surface area (Å²) in [6.07, 6.45) is 0. The van der Waals surface area contributed by atoms with Gasteiger partial charge in [0, 0.05) is 17.5 Å². The van der Waals surface area contributed by atoms with E-state index in [-0.39, 0.29) is 12.5 Å². The molecule has 0 aliphatic rings. The highest BCUT2D eigenvalue weighted by Crippen LogP contribution is 2.28. The molecule has 1 heterocycles. The third-order valence-corrected chi connectivity index (χ3v) is 4.08. The number of ether oxygens (including phenoxy) is 1. The second-order valence-electron chi connectivity index (χ2n) is 5.53. The maximum absolute atomic E-state index is 12.5. The summed E-state index contributed by atoms with van der Waals surface area (Å²) in [6.45, 7) is 2.12. The van der Waals surface area contributed by atoms with Gasteiger partial charge < -0.3 is 19.6 Å². The molecule has 0 radical (unpaired) electrons. The van der Waals surface area contributed by atoms with E-state index in [1.54, 1.807) is 19.2 Å². The highest BCUT2D eigenvalue weighted by molar-refractivity contribution is 5.99. The molecule has 0 spiro atoms. The number of hydrogen-bond acceptors (Lipinski definition) is 4. The first-order valence-corrected chi connectivity index (χ1v) is 7.67. The fourth-order valence-corrected chi connectivity index (χ4v) is 2.68. The highest BCUT2D eigenvalue weighted by Gasteiger charge is 2.18. The minimum atomic E-state index is -0.282. The summed E-state index contributed by atoms with van der Waals surface area (Å²) in [6, 6.07) is 12.9. The molecule has 0 aliphatic carbocycles. The van der Waals surface area contributed by atoms with E-state index in [9.17, 15) is 9.90 Å². The first-order valence-electron chi connectivity index (χ1n) is 7.67. The number of methoxy groups -OCH3 is 1. The standard InChI is InChI=1S/C19H19NO4/c1-12-16-9-15(23-2)7-8-17(16)24-18(12)19(22)20-10-13-5-3-4-6-14(13)11-21/h3-9,21H,10-11H2,1-2H3,(H,20,22). The van der Waals surface area contributed by atoms with Crippen LogP contribution in [0.1, 0.15) is 27.2 Å². The molecule has 0 atom stereocenters. The fraction of sp³-hybridized carbons (Fsp3) is 0.211. The summed E-state index contributed by atoms with van der Waals surface area (Å²) in [5.41, 5.74) is 3.10. The van der Waals surface area contributed by atoms with Crippen molar-refractivity contribution in [3.8, 4) is 5.75 Å². The van der Waals surface area contributed by atoms with E-state index in [1.165, 1.54) is 0 Å².